The number of carbonyl (C=O) groups is 2. The number of methoxy groups -OCH3 is 1. The fraction of sp³-hybridized carbons (Fsp3) is 0.333. The number of halogens is 1. The van der Waals surface area contributed by atoms with E-state index in [1.807, 2.05) is 0 Å². The Labute approximate surface area is 175 Å². The number of hydrogen-bond donors (Lipinski definition) is 0. The van der Waals surface area contributed by atoms with Crippen LogP contribution in [0.2, 0.25) is 0 Å². The Morgan fingerprint density at radius 1 is 1.21 bits per heavy atom. The van der Waals surface area contributed by atoms with E-state index in [9.17, 15) is 22.4 Å². The van der Waals surface area contributed by atoms with Gasteiger partial charge in [-0.05, 0) is 29.6 Å². The highest BCUT2D eigenvalue weighted by Gasteiger charge is 2.32. The second-order valence-corrected chi connectivity index (χ2v) is 10.0. The monoisotopic (exact) mass is 459 g/mol. The fourth-order valence-electron chi connectivity index (χ4n) is 2.70. The molecular formula is C18H18FNO6S3. The highest BCUT2D eigenvalue weighted by Crippen LogP contribution is 2.28. The first-order chi connectivity index (χ1) is 13.8. The number of nitrogens with zero attached hydrogens (tertiary/aromatic N) is 1. The molecule has 0 aliphatic carbocycles. The number of hydrogen-bond acceptors (Lipinski definition) is 8. The van der Waals surface area contributed by atoms with Crippen molar-refractivity contribution in [1.82, 2.24) is 4.31 Å². The molecule has 0 N–H and O–H groups in total. The third kappa shape index (κ3) is 4.80. The van der Waals surface area contributed by atoms with Crippen LogP contribution in [0.15, 0.2) is 34.5 Å². The molecule has 2 heterocycles. The summed E-state index contributed by atoms with van der Waals surface area (Å²) >= 11 is 2.60. The van der Waals surface area contributed by atoms with Crippen LogP contribution in [0.25, 0.3) is 0 Å². The lowest BCUT2D eigenvalue weighted by Crippen LogP contribution is -2.38. The average Bonchev–Trinajstić information content (AvgIpc) is 3.23. The van der Waals surface area contributed by atoms with Gasteiger partial charge in [-0.3, -0.25) is 4.79 Å². The van der Waals surface area contributed by atoms with Crippen molar-refractivity contribution in [2.75, 3.05) is 38.3 Å². The molecule has 0 radical (unpaired) electrons. The van der Waals surface area contributed by atoms with Crippen molar-refractivity contribution in [3.05, 3.63) is 45.9 Å². The van der Waals surface area contributed by atoms with Crippen LogP contribution < -0.4 is 4.74 Å². The first kappa shape index (κ1) is 21.8. The van der Waals surface area contributed by atoms with Crippen LogP contribution in [0.5, 0.6) is 5.75 Å². The molecule has 1 aliphatic rings. The Kier molecular flexibility index (Phi) is 6.93. The normalized spacial score (nSPS) is 15.1. The molecule has 1 saturated heterocycles. The van der Waals surface area contributed by atoms with Crippen molar-refractivity contribution < 1.29 is 31.9 Å². The second-order valence-electron chi connectivity index (χ2n) is 5.98. The Balaban J connectivity index is 1.70. The number of thiophene rings is 1. The van der Waals surface area contributed by atoms with Gasteiger partial charge in [0.15, 0.2) is 24.0 Å². The average molecular weight is 460 g/mol. The molecule has 2 aromatic rings. The Morgan fingerprint density at radius 3 is 2.59 bits per heavy atom. The van der Waals surface area contributed by atoms with Gasteiger partial charge >= 0.3 is 5.97 Å². The summed E-state index contributed by atoms with van der Waals surface area (Å²) in [5, 5.41) is 1.49. The Morgan fingerprint density at radius 2 is 1.93 bits per heavy atom. The van der Waals surface area contributed by atoms with Gasteiger partial charge in [0, 0.05) is 30.2 Å². The summed E-state index contributed by atoms with van der Waals surface area (Å²) in [4.78, 5) is 24.4. The van der Waals surface area contributed by atoms with Gasteiger partial charge in [-0.15, -0.1) is 11.3 Å². The lowest BCUT2D eigenvalue weighted by molar-refractivity contribution is 0.0476. The highest BCUT2D eigenvalue weighted by atomic mass is 32.2. The number of benzene rings is 1. The molecule has 1 aromatic heterocycles. The summed E-state index contributed by atoms with van der Waals surface area (Å²) in [6.45, 7) is 0.111. The third-order valence-corrected chi connectivity index (χ3v) is 8.12. The van der Waals surface area contributed by atoms with E-state index < -0.39 is 34.2 Å². The van der Waals surface area contributed by atoms with Gasteiger partial charge in [-0.25, -0.2) is 17.6 Å². The summed E-state index contributed by atoms with van der Waals surface area (Å²) in [5.41, 5.74) is 0.0148. The molecule has 0 spiro atoms. The van der Waals surface area contributed by atoms with Gasteiger partial charge in [0.05, 0.1) is 7.11 Å². The minimum atomic E-state index is -3.82. The molecule has 0 amide bonds. The zero-order valence-electron chi connectivity index (χ0n) is 15.4. The van der Waals surface area contributed by atoms with Crippen LogP contribution in [0.3, 0.4) is 0 Å². The van der Waals surface area contributed by atoms with Crippen LogP contribution in [-0.2, 0) is 14.8 Å². The summed E-state index contributed by atoms with van der Waals surface area (Å²) in [5.74, 6) is -0.869. The summed E-state index contributed by atoms with van der Waals surface area (Å²) in [6, 6.07) is 5.00. The van der Waals surface area contributed by atoms with Crippen molar-refractivity contribution in [3.63, 3.8) is 0 Å². The maximum Gasteiger partial charge on any atom is 0.350 e. The maximum atomic E-state index is 13.7. The smallest absolute Gasteiger partial charge is 0.350 e. The number of esters is 1. The number of rotatable bonds is 7. The molecule has 29 heavy (non-hydrogen) atoms. The van der Waals surface area contributed by atoms with Crippen molar-refractivity contribution in [1.29, 1.82) is 0 Å². The van der Waals surface area contributed by atoms with E-state index in [1.165, 1.54) is 35.0 Å². The van der Waals surface area contributed by atoms with Gasteiger partial charge in [0.1, 0.15) is 9.77 Å². The maximum absolute atomic E-state index is 13.7. The number of thioether (sulfide) groups is 1. The minimum absolute atomic E-state index is 0.0110. The molecule has 11 heteroatoms. The zero-order valence-corrected chi connectivity index (χ0v) is 17.9. The number of carbonyl (C=O) groups excluding carboxylic acids is 2. The first-order valence-corrected chi connectivity index (χ1v) is 12.0. The third-order valence-electron chi connectivity index (χ3n) is 4.21. The summed E-state index contributed by atoms with van der Waals surface area (Å²) in [7, 11) is -2.51. The molecule has 0 bridgehead atoms. The van der Waals surface area contributed by atoms with Gasteiger partial charge in [-0.1, -0.05) is 0 Å². The number of ketones is 1. The molecule has 0 atom stereocenters. The predicted molar refractivity (Wildman–Crippen MR) is 108 cm³/mol. The molecule has 1 aromatic carbocycles. The van der Waals surface area contributed by atoms with Crippen molar-refractivity contribution >= 4 is 44.9 Å². The fourth-order valence-corrected chi connectivity index (χ4v) is 6.55. The molecule has 1 fully saturated rings. The SMILES string of the molecule is COc1ccc(C(=O)COC(=O)c2sccc2S(=O)(=O)N2CCSCC2)cc1F. The molecule has 3 rings (SSSR count). The summed E-state index contributed by atoms with van der Waals surface area (Å²) in [6.07, 6.45) is 0. The Hall–Kier alpha value is -1.95. The predicted octanol–water partition coefficient (Wildman–Crippen LogP) is 2.67. The van der Waals surface area contributed by atoms with E-state index in [1.54, 1.807) is 11.8 Å². The van der Waals surface area contributed by atoms with Crippen LogP contribution in [0, 0.1) is 5.82 Å². The highest BCUT2D eigenvalue weighted by molar-refractivity contribution is 7.99. The quantitative estimate of drug-likeness (QED) is 0.464. The Bertz CT molecular complexity index is 1010. The van der Waals surface area contributed by atoms with Crippen LogP contribution in [0.4, 0.5) is 4.39 Å². The number of ether oxygens (including phenoxy) is 2. The molecule has 0 unspecified atom stereocenters. The molecule has 0 saturated carbocycles. The van der Waals surface area contributed by atoms with Gasteiger partial charge in [0.25, 0.3) is 0 Å². The molecule has 7 nitrogen and oxygen atoms in total. The lowest BCUT2D eigenvalue weighted by atomic mass is 10.1. The van der Waals surface area contributed by atoms with Crippen LogP contribution >= 0.6 is 23.1 Å². The lowest BCUT2D eigenvalue weighted by Gasteiger charge is -2.25. The van der Waals surface area contributed by atoms with E-state index in [-0.39, 0.29) is 21.1 Å². The van der Waals surface area contributed by atoms with E-state index in [0.717, 1.165) is 17.4 Å². The topological polar surface area (TPSA) is 90.0 Å². The van der Waals surface area contributed by atoms with Gasteiger partial charge in [-0.2, -0.15) is 16.1 Å². The number of sulfonamides is 1. The van der Waals surface area contributed by atoms with Crippen molar-refractivity contribution in [2.45, 2.75) is 4.90 Å². The zero-order chi connectivity index (χ0) is 21.0. The van der Waals surface area contributed by atoms with Crippen molar-refractivity contribution in [3.8, 4) is 5.75 Å². The second kappa shape index (κ2) is 9.24. The minimum Gasteiger partial charge on any atom is -0.494 e. The van der Waals surface area contributed by atoms with E-state index in [2.05, 4.69) is 0 Å². The standard InChI is InChI=1S/C18H18FNO6S3/c1-25-15-3-2-12(10-13(15)19)14(21)11-26-18(22)17-16(4-7-28-17)29(23,24)20-5-8-27-9-6-20/h2-4,7,10H,5-6,8-9,11H2,1H3. The number of Topliss-reactive ketones (excluding diaryl/α,β-unsaturated/α-hetero) is 1. The van der Waals surface area contributed by atoms with E-state index in [0.29, 0.717) is 24.6 Å². The molecular weight excluding hydrogens is 441 g/mol. The van der Waals surface area contributed by atoms with Crippen LogP contribution in [0.1, 0.15) is 20.0 Å². The van der Waals surface area contributed by atoms with Gasteiger partial charge in [0.2, 0.25) is 10.0 Å². The molecule has 1 aliphatic heterocycles. The van der Waals surface area contributed by atoms with E-state index in [4.69, 9.17) is 9.47 Å². The first-order valence-electron chi connectivity index (χ1n) is 8.54. The van der Waals surface area contributed by atoms with Gasteiger partial charge < -0.3 is 9.47 Å². The van der Waals surface area contributed by atoms with Crippen LogP contribution in [-0.4, -0.2) is 62.8 Å². The largest absolute Gasteiger partial charge is 0.494 e. The summed E-state index contributed by atoms with van der Waals surface area (Å²) < 4.78 is 50.5. The molecule has 156 valence electrons. The van der Waals surface area contributed by atoms with E-state index >= 15 is 0 Å². The van der Waals surface area contributed by atoms with Crippen molar-refractivity contribution in [2.24, 2.45) is 0 Å².